The standard InChI is InChI=1S/C14H9Cl2N3S2/c15-9-1-2-10(11(16)5-9)13-7-20-14(21-13)12(6-17)19-4-3-18-8-19/h1-5,8,13H,7H2/t13-/m0/s1. The van der Waals surface area contributed by atoms with Gasteiger partial charge in [0.2, 0.25) is 0 Å². The highest BCUT2D eigenvalue weighted by Crippen LogP contribution is 2.53. The summed E-state index contributed by atoms with van der Waals surface area (Å²) in [5.74, 6) is 0.876. The van der Waals surface area contributed by atoms with Crippen molar-refractivity contribution in [2.45, 2.75) is 5.25 Å². The second kappa shape index (κ2) is 6.37. The molecule has 0 unspecified atom stereocenters. The zero-order valence-corrected chi connectivity index (χ0v) is 13.8. The Labute approximate surface area is 141 Å². The summed E-state index contributed by atoms with van der Waals surface area (Å²) in [5, 5.41) is 10.9. The van der Waals surface area contributed by atoms with Gasteiger partial charge < -0.3 is 0 Å². The van der Waals surface area contributed by atoms with E-state index < -0.39 is 0 Å². The summed E-state index contributed by atoms with van der Waals surface area (Å²) in [6, 6.07) is 7.80. The summed E-state index contributed by atoms with van der Waals surface area (Å²) in [7, 11) is 0. The van der Waals surface area contributed by atoms with Gasteiger partial charge >= 0.3 is 0 Å². The van der Waals surface area contributed by atoms with Crippen molar-refractivity contribution in [1.82, 2.24) is 9.55 Å². The molecule has 0 radical (unpaired) electrons. The molecule has 7 heteroatoms. The summed E-state index contributed by atoms with van der Waals surface area (Å²) in [5.41, 5.74) is 1.66. The molecule has 2 aromatic rings. The van der Waals surface area contributed by atoms with Crippen LogP contribution in [0.15, 0.2) is 41.2 Å². The van der Waals surface area contributed by atoms with Gasteiger partial charge in [-0.3, -0.25) is 4.57 Å². The Balaban J connectivity index is 1.90. The molecule has 1 aromatic heterocycles. The number of nitrogens with zero attached hydrogens (tertiary/aromatic N) is 3. The Bertz CT molecular complexity index is 735. The van der Waals surface area contributed by atoms with Crippen LogP contribution in [0.1, 0.15) is 10.8 Å². The van der Waals surface area contributed by atoms with Crippen LogP contribution in [-0.2, 0) is 0 Å². The first-order valence-corrected chi connectivity index (χ1v) is 8.68. The molecule has 2 heterocycles. The van der Waals surface area contributed by atoms with Crippen molar-refractivity contribution in [1.29, 1.82) is 5.26 Å². The van der Waals surface area contributed by atoms with Crippen LogP contribution in [-0.4, -0.2) is 15.3 Å². The zero-order valence-electron chi connectivity index (χ0n) is 10.7. The number of thioether (sulfide) groups is 2. The molecule has 1 saturated heterocycles. The van der Waals surface area contributed by atoms with Gasteiger partial charge in [-0.25, -0.2) is 4.98 Å². The van der Waals surface area contributed by atoms with E-state index >= 15 is 0 Å². The number of rotatable bonds is 2. The molecule has 1 aliphatic rings. The molecule has 21 heavy (non-hydrogen) atoms. The Hall–Kier alpha value is -1.06. The molecule has 1 aromatic carbocycles. The molecular formula is C14H9Cl2N3S2. The van der Waals surface area contributed by atoms with Crippen molar-refractivity contribution >= 4 is 52.4 Å². The highest BCUT2D eigenvalue weighted by molar-refractivity contribution is 8.25. The fraction of sp³-hybridized carbons (Fsp3) is 0.143. The van der Waals surface area contributed by atoms with Crippen LogP contribution in [0.3, 0.4) is 0 Å². The quantitative estimate of drug-likeness (QED) is 0.707. The van der Waals surface area contributed by atoms with Crippen LogP contribution in [0.4, 0.5) is 0 Å². The first-order valence-electron chi connectivity index (χ1n) is 6.06. The average molecular weight is 354 g/mol. The smallest absolute Gasteiger partial charge is 0.145 e. The van der Waals surface area contributed by atoms with Crippen LogP contribution < -0.4 is 0 Å². The average Bonchev–Trinajstić information content (AvgIpc) is 3.12. The lowest BCUT2D eigenvalue weighted by Crippen LogP contribution is -1.93. The Kier molecular flexibility index (Phi) is 4.51. The molecule has 0 aliphatic carbocycles. The fourth-order valence-electron chi connectivity index (χ4n) is 1.99. The third kappa shape index (κ3) is 3.09. The summed E-state index contributed by atoms with van der Waals surface area (Å²) in [6.45, 7) is 0. The van der Waals surface area contributed by atoms with Gasteiger partial charge in [0.15, 0.2) is 0 Å². The van der Waals surface area contributed by atoms with E-state index in [4.69, 9.17) is 23.2 Å². The second-order valence-electron chi connectivity index (χ2n) is 4.30. The Morgan fingerprint density at radius 2 is 2.29 bits per heavy atom. The first kappa shape index (κ1) is 14.9. The maximum atomic E-state index is 9.38. The van der Waals surface area contributed by atoms with Crippen molar-refractivity contribution in [3.8, 4) is 6.07 Å². The molecule has 0 amide bonds. The lowest BCUT2D eigenvalue weighted by molar-refractivity contribution is 1.10. The van der Waals surface area contributed by atoms with E-state index in [1.165, 1.54) is 0 Å². The number of aromatic nitrogens is 2. The highest BCUT2D eigenvalue weighted by atomic mass is 35.5. The van der Waals surface area contributed by atoms with Gasteiger partial charge in [0.25, 0.3) is 0 Å². The molecule has 0 bridgehead atoms. The van der Waals surface area contributed by atoms with E-state index in [0.717, 1.165) is 15.6 Å². The number of halogens is 2. The van der Waals surface area contributed by atoms with Crippen LogP contribution in [0.2, 0.25) is 10.0 Å². The number of benzene rings is 1. The second-order valence-corrected chi connectivity index (χ2v) is 7.65. The van der Waals surface area contributed by atoms with E-state index in [1.54, 1.807) is 52.9 Å². The van der Waals surface area contributed by atoms with Crippen LogP contribution in [0.5, 0.6) is 0 Å². The number of nitriles is 1. The summed E-state index contributed by atoms with van der Waals surface area (Å²) in [6.07, 6.45) is 5.07. The lowest BCUT2D eigenvalue weighted by atomic mass is 10.2. The fourth-order valence-corrected chi connectivity index (χ4v) is 5.52. The molecule has 1 aliphatic heterocycles. The monoisotopic (exact) mass is 353 g/mol. The first-order chi connectivity index (χ1) is 10.2. The molecule has 0 N–H and O–H groups in total. The minimum Gasteiger partial charge on any atom is -0.296 e. The molecule has 106 valence electrons. The van der Waals surface area contributed by atoms with Crippen LogP contribution in [0, 0.1) is 11.3 Å². The Morgan fingerprint density at radius 1 is 1.43 bits per heavy atom. The van der Waals surface area contributed by atoms with Crippen molar-refractivity contribution in [2.75, 3.05) is 5.75 Å². The highest BCUT2D eigenvalue weighted by Gasteiger charge is 2.27. The largest absolute Gasteiger partial charge is 0.296 e. The minimum absolute atomic E-state index is 0.224. The molecule has 0 saturated carbocycles. The number of hydrogen-bond donors (Lipinski definition) is 0. The minimum atomic E-state index is 0.224. The predicted octanol–water partition coefficient (Wildman–Crippen LogP) is 5.06. The molecular weight excluding hydrogens is 345 g/mol. The normalized spacial score (nSPS) is 20.3. The maximum absolute atomic E-state index is 9.38. The Morgan fingerprint density at radius 3 is 2.95 bits per heavy atom. The van der Waals surface area contributed by atoms with Crippen molar-refractivity contribution < 1.29 is 0 Å². The van der Waals surface area contributed by atoms with E-state index in [2.05, 4.69) is 11.1 Å². The van der Waals surface area contributed by atoms with Gasteiger partial charge in [0, 0.05) is 33.4 Å². The van der Waals surface area contributed by atoms with Gasteiger partial charge in [-0.1, -0.05) is 29.3 Å². The summed E-state index contributed by atoms with van der Waals surface area (Å²) in [4.78, 5) is 3.99. The number of imidazole rings is 1. The predicted molar refractivity (Wildman–Crippen MR) is 90.3 cm³/mol. The van der Waals surface area contributed by atoms with Crippen molar-refractivity contribution in [3.05, 3.63) is 56.8 Å². The molecule has 1 fully saturated rings. The van der Waals surface area contributed by atoms with Crippen LogP contribution >= 0.6 is 46.7 Å². The van der Waals surface area contributed by atoms with Crippen LogP contribution in [0.25, 0.3) is 5.70 Å². The number of allylic oxidation sites excluding steroid dienone is 1. The van der Waals surface area contributed by atoms with Crippen molar-refractivity contribution in [2.24, 2.45) is 0 Å². The van der Waals surface area contributed by atoms with Gasteiger partial charge in [-0.05, 0) is 17.7 Å². The molecule has 1 atom stereocenters. The van der Waals surface area contributed by atoms with Gasteiger partial charge in [-0.15, -0.1) is 23.5 Å². The van der Waals surface area contributed by atoms with E-state index in [9.17, 15) is 5.26 Å². The third-order valence-electron chi connectivity index (χ3n) is 2.99. The number of hydrogen-bond acceptors (Lipinski definition) is 4. The van der Waals surface area contributed by atoms with E-state index in [-0.39, 0.29) is 5.25 Å². The van der Waals surface area contributed by atoms with Crippen molar-refractivity contribution in [3.63, 3.8) is 0 Å². The zero-order chi connectivity index (χ0) is 14.8. The van der Waals surface area contributed by atoms with E-state index in [1.807, 2.05) is 12.1 Å². The molecule has 3 rings (SSSR count). The topological polar surface area (TPSA) is 41.6 Å². The maximum Gasteiger partial charge on any atom is 0.145 e. The van der Waals surface area contributed by atoms with Gasteiger partial charge in [0.1, 0.15) is 11.8 Å². The van der Waals surface area contributed by atoms with E-state index in [0.29, 0.717) is 15.7 Å². The lowest BCUT2D eigenvalue weighted by Gasteiger charge is -2.10. The molecule has 3 nitrogen and oxygen atoms in total. The SMILES string of the molecule is N#CC(=C1SC[C@@H](c2ccc(Cl)cc2Cl)S1)n1ccnc1. The summed E-state index contributed by atoms with van der Waals surface area (Å²) < 4.78 is 2.73. The molecule has 0 spiro atoms. The summed E-state index contributed by atoms with van der Waals surface area (Å²) >= 11 is 15.5. The van der Waals surface area contributed by atoms with Gasteiger partial charge in [0.05, 0.1) is 10.6 Å². The third-order valence-corrected chi connectivity index (χ3v) is 6.47. The van der Waals surface area contributed by atoms with Gasteiger partial charge in [-0.2, -0.15) is 5.26 Å².